The van der Waals surface area contributed by atoms with E-state index < -0.39 is 5.97 Å². The zero-order chi connectivity index (χ0) is 12.4. The average molecular weight is 238 g/mol. The molecule has 2 rings (SSSR count). The van der Waals surface area contributed by atoms with Gasteiger partial charge in [-0.2, -0.15) is 5.10 Å². The van der Waals surface area contributed by atoms with Crippen molar-refractivity contribution in [1.29, 1.82) is 0 Å². The first-order valence-corrected chi connectivity index (χ1v) is 5.97. The molecule has 0 spiro atoms. The lowest BCUT2D eigenvalue weighted by Gasteiger charge is -2.13. The van der Waals surface area contributed by atoms with E-state index in [1.54, 1.807) is 7.11 Å². The van der Waals surface area contributed by atoms with E-state index in [1.807, 2.05) is 11.6 Å². The van der Waals surface area contributed by atoms with Crippen molar-refractivity contribution < 1.29 is 14.6 Å². The molecular weight excluding hydrogens is 220 g/mol. The smallest absolute Gasteiger partial charge is 0.308 e. The van der Waals surface area contributed by atoms with Crippen LogP contribution in [-0.4, -0.2) is 28.0 Å². The highest BCUT2D eigenvalue weighted by molar-refractivity contribution is 5.71. The molecule has 0 amide bonds. The van der Waals surface area contributed by atoms with Crippen LogP contribution in [0.4, 0.5) is 0 Å². The van der Waals surface area contributed by atoms with Crippen LogP contribution in [0.5, 0.6) is 5.88 Å². The number of hydrogen-bond acceptors (Lipinski definition) is 3. The van der Waals surface area contributed by atoms with Crippen LogP contribution in [-0.2, 0) is 11.2 Å². The van der Waals surface area contributed by atoms with E-state index in [4.69, 9.17) is 9.84 Å². The Morgan fingerprint density at radius 1 is 1.53 bits per heavy atom. The Kier molecular flexibility index (Phi) is 3.36. The number of aryl methyl sites for hydroxylation is 1. The van der Waals surface area contributed by atoms with Gasteiger partial charge in [-0.05, 0) is 19.8 Å². The minimum Gasteiger partial charge on any atom is -0.481 e. The molecule has 1 heterocycles. The third-order valence-corrected chi connectivity index (χ3v) is 3.35. The summed E-state index contributed by atoms with van der Waals surface area (Å²) >= 11 is 0. The number of carboxylic acid groups (broad SMARTS) is 1. The van der Waals surface area contributed by atoms with Crippen molar-refractivity contribution in [2.45, 2.75) is 45.1 Å². The topological polar surface area (TPSA) is 64.3 Å². The molecule has 1 aliphatic rings. The molecule has 1 N–H and O–H groups in total. The summed E-state index contributed by atoms with van der Waals surface area (Å²) in [6, 6.07) is 0.367. The SMILES string of the molecule is COc1c(CC(=O)O)c(C)nn1C1CCCC1. The van der Waals surface area contributed by atoms with Crippen LogP contribution >= 0.6 is 0 Å². The van der Waals surface area contributed by atoms with Crippen LogP contribution in [0.25, 0.3) is 0 Å². The molecule has 0 aliphatic heterocycles. The van der Waals surface area contributed by atoms with Crippen molar-refractivity contribution in [3.8, 4) is 5.88 Å². The molecule has 5 nitrogen and oxygen atoms in total. The summed E-state index contributed by atoms with van der Waals surface area (Å²) in [6.07, 6.45) is 4.59. The number of rotatable bonds is 4. The summed E-state index contributed by atoms with van der Waals surface area (Å²) in [5.41, 5.74) is 1.46. The normalized spacial score (nSPS) is 16.4. The van der Waals surface area contributed by atoms with Crippen molar-refractivity contribution in [2.75, 3.05) is 7.11 Å². The Labute approximate surface area is 100 Å². The van der Waals surface area contributed by atoms with Gasteiger partial charge in [0.05, 0.1) is 25.3 Å². The van der Waals surface area contributed by atoms with E-state index in [-0.39, 0.29) is 6.42 Å². The maximum atomic E-state index is 10.8. The van der Waals surface area contributed by atoms with Crippen LogP contribution in [0.15, 0.2) is 0 Å². The van der Waals surface area contributed by atoms with Crippen molar-refractivity contribution in [3.05, 3.63) is 11.3 Å². The Hall–Kier alpha value is -1.52. The van der Waals surface area contributed by atoms with Crippen molar-refractivity contribution in [3.63, 3.8) is 0 Å². The molecule has 1 fully saturated rings. The second-order valence-electron chi connectivity index (χ2n) is 4.53. The van der Waals surface area contributed by atoms with Crippen LogP contribution in [0.3, 0.4) is 0 Å². The van der Waals surface area contributed by atoms with Gasteiger partial charge in [-0.1, -0.05) is 12.8 Å². The number of hydrogen-bond donors (Lipinski definition) is 1. The Bertz CT molecular complexity index is 420. The van der Waals surface area contributed by atoms with Crippen LogP contribution in [0.1, 0.15) is 43.0 Å². The number of carboxylic acids is 1. The zero-order valence-electron chi connectivity index (χ0n) is 10.3. The lowest BCUT2D eigenvalue weighted by molar-refractivity contribution is -0.136. The van der Waals surface area contributed by atoms with Crippen molar-refractivity contribution >= 4 is 5.97 Å². The molecule has 0 bridgehead atoms. The molecule has 1 aromatic heterocycles. The van der Waals surface area contributed by atoms with Gasteiger partial charge in [0, 0.05) is 5.56 Å². The Morgan fingerprint density at radius 2 is 2.18 bits per heavy atom. The van der Waals surface area contributed by atoms with Crippen molar-refractivity contribution in [2.24, 2.45) is 0 Å². The van der Waals surface area contributed by atoms with Gasteiger partial charge in [0.15, 0.2) is 0 Å². The number of nitrogens with zero attached hydrogens (tertiary/aromatic N) is 2. The van der Waals surface area contributed by atoms with Crippen molar-refractivity contribution in [1.82, 2.24) is 9.78 Å². The summed E-state index contributed by atoms with van der Waals surface area (Å²) < 4.78 is 7.22. The summed E-state index contributed by atoms with van der Waals surface area (Å²) in [5, 5.41) is 13.3. The van der Waals surface area contributed by atoms with E-state index in [0.29, 0.717) is 17.5 Å². The van der Waals surface area contributed by atoms with E-state index in [0.717, 1.165) is 18.5 Å². The third kappa shape index (κ3) is 2.28. The van der Waals surface area contributed by atoms with E-state index >= 15 is 0 Å². The second-order valence-corrected chi connectivity index (χ2v) is 4.53. The Balaban J connectivity index is 2.35. The van der Waals surface area contributed by atoms with Gasteiger partial charge < -0.3 is 9.84 Å². The second kappa shape index (κ2) is 4.77. The lowest BCUT2D eigenvalue weighted by Crippen LogP contribution is -2.09. The van der Waals surface area contributed by atoms with Gasteiger partial charge in [0.25, 0.3) is 0 Å². The highest BCUT2D eigenvalue weighted by Crippen LogP contribution is 2.34. The molecule has 0 unspecified atom stereocenters. The van der Waals surface area contributed by atoms with Gasteiger partial charge in [0.2, 0.25) is 5.88 Å². The number of methoxy groups -OCH3 is 1. The fourth-order valence-electron chi connectivity index (χ4n) is 2.53. The Morgan fingerprint density at radius 3 is 2.71 bits per heavy atom. The third-order valence-electron chi connectivity index (χ3n) is 3.35. The maximum absolute atomic E-state index is 10.8. The molecule has 1 saturated carbocycles. The first-order chi connectivity index (χ1) is 8.13. The largest absolute Gasteiger partial charge is 0.481 e. The number of carbonyl (C=O) groups is 1. The minimum absolute atomic E-state index is 0.0261. The molecule has 5 heteroatoms. The quantitative estimate of drug-likeness (QED) is 0.870. The molecule has 1 aromatic rings. The molecule has 0 radical (unpaired) electrons. The summed E-state index contributed by atoms with van der Waals surface area (Å²) in [5.74, 6) is -0.228. The fourth-order valence-corrected chi connectivity index (χ4v) is 2.53. The predicted octanol–water partition coefficient (Wildman–Crippen LogP) is 1.94. The number of aliphatic carboxylic acids is 1. The molecule has 1 aliphatic carbocycles. The predicted molar refractivity (Wildman–Crippen MR) is 62.4 cm³/mol. The van der Waals surface area contributed by atoms with E-state index in [2.05, 4.69) is 5.10 Å². The molecule has 94 valence electrons. The fraction of sp³-hybridized carbons (Fsp3) is 0.667. The van der Waals surface area contributed by atoms with Gasteiger partial charge in [-0.25, -0.2) is 4.68 Å². The number of aromatic nitrogens is 2. The monoisotopic (exact) mass is 238 g/mol. The molecule has 0 atom stereocenters. The van der Waals surface area contributed by atoms with Gasteiger partial charge in [0.1, 0.15) is 0 Å². The lowest BCUT2D eigenvalue weighted by atomic mass is 10.2. The number of ether oxygens (including phenoxy) is 1. The molecule has 0 aromatic carbocycles. The molecule has 17 heavy (non-hydrogen) atoms. The molecular formula is C12H18N2O3. The van der Waals surface area contributed by atoms with Crippen LogP contribution in [0, 0.1) is 6.92 Å². The van der Waals surface area contributed by atoms with E-state index in [1.165, 1.54) is 12.8 Å². The average Bonchev–Trinajstić information content (AvgIpc) is 2.87. The van der Waals surface area contributed by atoms with E-state index in [9.17, 15) is 4.79 Å². The standard InChI is InChI=1S/C12H18N2O3/c1-8-10(7-11(15)16)12(17-2)14(13-8)9-5-3-4-6-9/h9H,3-7H2,1-2H3,(H,15,16). The van der Waals surface area contributed by atoms with Gasteiger partial charge in [-0.3, -0.25) is 4.79 Å². The highest BCUT2D eigenvalue weighted by Gasteiger charge is 2.25. The summed E-state index contributed by atoms with van der Waals surface area (Å²) in [7, 11) is 1.58. The van der Waals surface area contributed by atoms with Gasteiger partial charge >= 0.3 is 5.97 Å². The summed E-state index contributed by atoms with van der Waals surface area (Å²) in [4.78, 5) is 10.8. The van der Waals surface area contributed by atoms with Crippen LogP contribution in [0.2, 0.25) is 0 Å². The highest BCUT2D eigenvalue weighted by atomic mass is 16.5. The first kappa shape index (κ1) is 12.0. The molecule has 0 saturated heterocycles. The van der Waals surface area contributed by atoms with Gasteiger partial charge in [-0.15, -0.1) is 0 Å². The zero-order valence-corrected chi connectivity index (χ0v) is 10.3. The first-order valence-electron chi connectivity index (χ1n) is 5.97. The maximum Gasteiger partial charge on any atom is 0.308 e. The minimum atomic E-state index is -0.850. The summed E-state index contributed by atoms with van der Waals surface area (Å²) in [6.45, 7) is 1.84. The van der Waals surface area contributed by atoms with Crippen LogP contribution < -0.4 is 4.74 Å².